The Labute approximate surface area is 106 Å². The van der Waals surface area contributed by atoms with Crippen LogP contribution in [0.1, 0.15) is 13.8 Å². The van der Waals surface area contributed by atoms with Crippen molar-refractivity contribution in [3.63, 3.8) is 0 Å². The Balaban J connectivity index is 2.94. The van der Waals surface area contributed by atoms with Gasteiger partial charge in [0.2, 0.25) is 10.0 Å². The van der Waals surface area contributed by atoms with Gasteiger partial charge in [-0.1, -0.05) is 6.92 Å². The number of nitrogens with one attached hydrogen (secondary N) is 1. The normalized spacial score (nSPS) is 15.2. The molecule has 0 saturated heterocycles. The first-order valence-corrected chi connectivity index (χ1v) is 7.00. The lowest BCUT2D eigenvalue weighted by Crippen LogP contribution is -2.26. The van der Waals surface area contributed by atoms with Gasteiger partial charge in [0.15, 0.2) is 0 Å². The smallest absolute Gasteiger partial charge is 0.238 e. The Hall–Kier alpha value is -1.18. The molecule has 1 aromatic rings. The number of sulfonamides is 1. The van der Waals surface area contributed by atoms with E-state index in [4.69, 9.17) is 10.2 Å². The molecule has 1 rings (SSSR count). The van der Waals surface area contributed by atoms with Crippen molar-refractivity contribution < 1.29 is 17.9 Å². The van der Waals surface area contributed by atoms with Crippen LogP contribution in [0.4, 0.5) is 10.1 Å². The number of aliphatic hydroxyl groups is 1. The van der Waals surface area contributed by atoms with Crippen LogP contribution in [0, 0.1) is 11.7 Å². The fourth-order valence-electron chi connectivity index (χ4n) is 1.34. The number of rotatable bonds is 5. The molecule has 0 radical (unpaired) electrons. The summed E-state index contributed by atoms with van der Waals surface area (Å²) in [7, 11) is -3.90. The van der Waals surface area contributed by atoms with Gasteiger partial charge in [-0.25, -0.2) is 17.9 Å². The third-order valence-corrected chi connectivity index (χ3v) is 3.70. The summed E-state index contributed by atoms with van der Waals surface area (Å²) in [4.78, 5) is -0.270. The standard InChI is InChI=1S/C11H17FN2O3S/c1-7(6-15)8(2)14-11-4-3-9(5-10(11)12)18(13,16)17/h3-5,7-8,14-15H,6H2,1-2H3,(H2,13,16,17). The van der Waals surface area contributed by atoms with Crippen LogP contribution in [0.15, 0.2) is 23.1 Å². The second kappa shape index (κ2) is 5.64. The van der Waals surface area contributed by atoms with Gasteiger partial charge >= 0.3 is 0 Å². The van der Waals surface area contributed by atoms with E-state index in [2.05, 4.69) is 5.32 Å². The van der Waals surface area contributed by atoms with Crippen LogP contribution in [0.5, 0.6) is 0 Å². The first kappa shape index (κ1) is 14.9. The van der Waals surface area contributed by atoms with E-state index < -0.39 is 15.8 Å². The van der Waals surface area contributed by atoms with Gasteiger partial charge in [0.1, 0.15) is 5.82 Å². The monoisotopic (exact) mass is 276 g/mol. The number of hydrogen-bond donors (Lipinski definition) is 3. The maximum atomic E-state index is 13.7. The van der Waals surface area contributed by atoms with Crippen LogP contribution in [0.25, 0.3) is 0 Å². The van der Waals surface area contributed by atoms with Crippen LogP contribution in [0.3, 0.4) is 0 Å². The molecule has 0 aliphatic heterocycles. The van der Waals surface area contributed by atoms with Crippen LogP contribution in [0.2, 0.25) is 0 Å². The Kier molecular flexibility index (Phi) is 4.66. The largest absolute Gasteiger partial charge is 0.396 e. The maximum Gasteiger partial charge on any atom is 0.238 e. The molecule has 0 saturated carbocycles. The van der Waals surface area contributed by atoms with Crippen LogP contribution in [-0.4, -0.2) is 26.2 Å². The van der Waals surface area contributed by atoms with E-state index in [0.29, 0.717) is 0 Å². The number of benzene rings is 1. The van der Waals surface area contributed by atoms with Crippen molar-refractivity contribution in [2.45, 2.75) is 24.8 Å². The number of hydrogen-bond acceptors (Lipinski definition) is 4. The number of aliphatic hydroxyl groups excluding tert-OH is 1. The van der Waals surface area contributed by atoms with E-state index >= 15 is 0 Å². The summed E-state index contributed by atoms with van der Waals surface area (Å²) < 4.78 is 35.7. The van der Waals surface area contributed by atoms with E-state index in [9.17, 15) is 12.8 Å². The molecule has 2 unspecified atom stereocenters. The predicted molar refractivity (Wildman–Crippen MR) is 67.1 cm³/mol. The van der Waals surface area contributed by atoms with Gasteiger partial charge in [0.25, 0.3) is 0 Å². The SMILES string of the molecule is CC(CO)C(C)Nc1ccc(S(N)(=O)=O)cc1F. The average molecular weight is 276 g/mol. The Bertz CT molecular complexity index is 519. The first-order valence-electron chi connectivity index (χ1n) is 5.45. The summed E-state index contributed by atoms with van der Waals surface area (Å²) in [6.45, 7) is 3.59. The molecule has 0 amide bonds. The van der Waals surface area contributed by atoms with Crippen molar-refractivity contribution >= 4 is 15.7 Å². The fraction of sp³-hybridized carbons (Fsp3) is 0.455. The minimum absolute atomic E-state index is 0.0228. The van der Waals surface area contributed by atoms with Gasteiger partial charge in [-0.3, -0.25) is 0 Å². The second-order valence-electron chi connectivity index (χ2n) is 4.28. The van der Waals surface area contributed by atoms with Gasteiger partial charge in [-0.15, -0.1) is 0 Å². The molecule has 7 heteroatoms. The molecule has 4 N–H and O–H groups in total. The number of nitrogens with two attached hydrogens (primary N) is 1. The van der Waals surface area contributed by atoms with Gasteiger partial charge in [0.05, 0.1) is 10.6 Å². The lowest BCUT2D eigenvalue weighted by molar-refractivity contribution is 0.226. The molecule has 0 heterocycles. The molecular weight excluding hydrogens is 259 g/mol. The molecule has 0 aromatic heterocycles. The molecule has 1 aromatic carbocycles. The molecular formula is C11H17FN2O3S. The van der Waals surface area contributed by atoms with E-state index in [0.717, 1.165) is 6.07 Å². The molecule has 0 aliphatic carbocycles. The van der Waals surface area contributed by atoms with E-state index in [1.54, 1.807) is 6.92 Å². The molecule has 0 bridgehead atoms. The van der Waals surface area contributed by atoms with Crippen molar-refractivity contribution in [3.8, 4) is 0 Å². The van der Waals surface area contributed by atoms with Crippen molar-refractivity contribution in [1.82, 2.24) is 0 Å². The fourth-order valence-corrected chi connectivity index (χ4v) is 1.86. The van der Waals surface area contributed by atoms with Crippen molar-refractivity contribution in [2.75, 3.05) is 11.9 Å². The molecule has 18 heavy (non-hydrogen) atoms. The third-order valence-electron chi connectivity index (χ3n) is 2.79. The van der Waals surface area contributed by atoms with Crippen LogP contribution >= 0.6 is 0 Å². The maximum absolute atomic E-state index is 13.7. The van der Waals surface area contributed by atoms with Gasteiger partial charge in [-0.2, -0.15) is 0 Å². The molecule has 2 atom stereocenters. The van der Waals surface area contributed by atoms with Crippen LogP contribution < -0.4 is 10.5 Å². The molecule has 5 nitrogen and oxygen atoms in total. The number of halogens is 1. The highest BCUT2D eigenvalue weighted by molar-refractivity contribution is 7.89. The minimum Gasteiger partial charge on any atom is -0.396 e. The Morgan fingerprint density at radius 3 is 2.50 bits per heavy atom. The molecule has 102 valence electrons. The second-order valence-corrected chi connectivity index (χ2v) is 5.84. The summed E-state index contributed by atoms with van der Waals surface area (Å²) in [6, 6.07) is 3.27. The lowest BCUT2D eigenvalue weighted by atomic mass is 10.0. The van der Waals surface area contributed by atoms with Gasteiger partial charge < -0.3 is 10.4 Å². The summed E-state index contributed by atoms with van der Waals surface area (Å²) in [5.74, 6) is -0.749. The lowest BCUT2D eigenvalue weighted by Gasteiger charge is -2.20. The minimum atomic E-state index is -3.90. The number of anilines is 1. The van der Waals surface area contributed by atoms with E-state index in [-0.39, 0.29) is 29.1 Å². The Morgan fingerprint density at radius 1 is 1.44 bits per heavy atom. The predicted octanol–water partition coefficient (Wildman–Crippen LogP) is 0.902. The molecule has 0 fully saturated rings. The molecule has 0 aliphatic rings. The first-order chi connectivity index (χ1) is 8.25. The van der Waals surface area contributed by atoms with Crippen molar-refractivity contribution in [2.24, 2.45) is 11.1 Å². The number of primary sulfonamides is 1. The highest BCUT2D eigenvalue weighted by Gasteiger charge is 2.15. The molecule has 0 spiro atoms. The summed E-state index contributed by atoms with van der Waals surface area (Å²) in [5.41, 5.74) is 0.176. The quantitative estimate of drug-likeness (QED) is 0.745. The highest BCUT2D eigenvalue weighted by atomic mass is 32.2. The summed E-state index contributed by atoms with van der Waals surface area (Å²) in [5, 5.41) is 16.7. The van der Waals surface area contributed by atoms with E-state index in [1.807, 2.05) is 6.92 Å². The zero-order chi connectivity index (χ0) is 13.9. The Morgan fingerprint density at radius 2 is 2.06 bits per heavy atom. The highest BCUT2D eigenvalue weighted by Crippen LogP contribution is 2.20. The van der Waals surface area contributed by atoms with Gasteiger partial charge in [-0.05, 0) is 31.0 Å². The van der Waals surface area contributed by atoms with Gasteiger partial charge in [0, 0.05) is 12.6 Å². The van der Waals surface area contributed by atoms with Crippen LogP contribution in [-0.2, 0) is 10.0 Å². The van der Waals surface area contributed by atoms with Crippen molar-refractivity contribution in [3.05, 3.63) is 24.0 Å². The van der Waals surface area contributed by atoms with Crippen molar-refractivity contribution in [1.29, 1.82) is 0 Å². The summed E-state index contributed by atoms with van der Waals surface area (Å²) in [6.07, 6.45) is 0. The third kappa shape index (κ3) is 3.66. The van der Waals surface area contributed by atoms with E-state index in [1.165, 1.54) is 12.1 Å². The zero-order valence-electron chi connectivity index (χ0n) is 10.2. The zero-order valence-corrected chi connectivity index (χ0v) is 11.0. The summed E-state index contributed by atoms with van der Waals surface area (Å²) >= 11 is 0. The topological polar surface area (TPSA) is 92.4 Å². The average Bonchev–Trinajstić information content (AvgIpc) is 2.29.